The summed E-state index contributed by atoms with van der Waals surface area (Å²) >= 11 is 0. The Labute approximate surface area is 126 Å². The highest BCUT2D eigenvalue weighted by Gasteiger charge is 2.31. The third-order valence-electron chi connectivity index (χ3n) is 3.74. The van der Waals surface area contributed by atoms with E-state index in [9.17, 15) is 8.42 Å². The van der Waals surface area contributed by atoms with E-state index in [1.807, 2.05) is 6.92 Å². The molecule has 0 spiro atoms. The number of methoxy groups -OCH3 is 1. The second kappa shape index (κ2) is 7.24. The van der Waals surface area contributed by atoms with Crippen LogP contribution in [0, 0.1) is 5.92 Å². The molecule has 5 nitrogen and oxygen atoms in total. The lowest BCUT2D eigenvalue weighted by atomic mass is 9.99. The molecule has 0 atom stereocenters. The van der Waals surface area contributed by atoms with Crippen molar-refractivity contribution in [2.75, 3.05) is 33.4 Å². The van der Waals surface area contributed by atoms with Crippen molar-refractivity contribution in [1.82, 2.24) is 4.31 Å². The molecule has 1 aliphatic rings. The van der Waals surface area contributed by atoms with E-state index in [0.717, 1.165) is 12.8 Å². The number of piperidine rings is 1. The summed E-state index contributed by atoms with van der Waals surface area (Å²) in [6.45, 7) is 4.07. The Morgan fingerprint density at radius 2 is 1.90 bits per heavy atom. The van der Waals surface area contributed by atoms with E-state index >= 15 is 0 Å². The molecular weight excluding hydrogens is 290 g/mol. The molecule has 1 aliphatic heterocycles. The van der Waals surface area contributed by atoms with Crippen molar-refractivity contribution in [2.45, 2.75) is 24.7 Å². The molecule has 0 N–H and O–H groups in total. The lowest BCUT2D eigenvalue weighted by Crippen LogP contribution is -2.39. The highest BCUT2D eigenvalue weighted by molar-refractivity contribution is 7.89. The molecule has 0 unspecified atom stereocenters. The van der Waals surface area contributed by atoms with Gasteiger partial charge in [0.05, 0.1) is 6.61 Å². The minimum atomic E-state index is -3.49. The Morgan fingerprint density at radius 1 is 1.24 bits per heavy atom. The molecule has 6 heteroatoms. The zero-order chi connectivity index (χ0) is 15.3. The molecule has 0 bridgehead atoms. The van der Waals surface area contributed by atoms with E-state index in [1.165, 1.54) is 0 Å². The van der Waals surface area contributed by atoms with Gasteiger partial charge < -0.3 is 9.47 Å². The molecule has 1 aromatic rings. The van der Waals surface area contributed by atoms with Gasteiger partial charge in [-0.25, -0.2) is 8.42 Å². The van der Waals surface area contributed by atoms with Crippen molar-refractivity contribution >= 4 is 10.0 Å². The number of hydrogen-bond donors (Lipinski definition) is 0. The van der Waals surface area contributed by atoms with Gasteiger partial charge in [-0.05, 0) is 37.8 Å². The molecule has 1 aromatic carbocycles. The quantitative estimate of drug-likeness (QED) is 0.807. The molecule has 1 heterocycles. The van der Waals surface area contributed by atoms with Crippen LogP contribution in [0.5, 0.6) is 5.75 Å². The Bertz CT molecular complexity index is 551. The predicted octanol–water partition coefficient (Wildman–Crippen LogP) is 2.13. The van der Waals surface area contributed by atoms with Gasteiger partial charge in [0, 0.05) is 26.8 Å². The fourth-order valence-electron chi connectivity index (χ4n) is 2.63. The maximum atomic E-state index is 12.8. The first-order valence-electron chi connectivity index (χ1n) is 7.30. The summed E-state index contributed by atoms with van der Waals surface area (Å²) in [7, 11) is -1.80. The molecule has 21 heavy (non-hydrogen) atoms. The van der Waals surface area contributed by atoms with Gasteiger partial charge in [0.1, 0.15) is 10.6 Å². The van der Waals surface area contributed by atoms with Gasteiger partial charge in [-0.15, -0.1) is 0 Å². The fraction of sp³-hybridized carbons (Fsp3) is 0.600. The molecule has 0 saturated carbocycles. The van der Waals surface area contributed by atoms with Crippen LogP contribution in [0.1, 0.15) is 19.8 Å². The number of sulfonamides is 1. The van der Waals surface area contributed by atoms with Crippen molar-refractivity contribution in [3.05, 3.63) is 24.3 Å². The fourth-order valence-corrected chi connectivity index (χ4v) is 4.23. The van der Waals surface area contributed by atoms with Crippen LogP contribution < -0.4 is 4.74 Å². The van der Waals surface area contributed by atoms with E-state index in [0.29, 0.717) is 38.0 Å². The van der Waals surface area contributed by atoms with E-state index in [2.05, 4.69) is 0 Å². The van der Waals surface area contributed by atoms with Gasteiger partial charge in [-0.2, -0.15) is 4.31 Å². The minimum Gasteiger partial charge on any atom is -0.492 e. The van der Waals surface area contributed by atoms with Crippen LogP contribution in [0.25, 0.3) is 0 Å². The minimum absolute atomic E-state index is 0.261. The zero-order valence-electron chi connectivity index (χ0n) is 12.6. The number of para-hydroxylation sites is 1. The second-order valence-corrected chi connectivity index (χ2v) is 7.09. The van der Waals surface area contributed by atoms with Crippen molar-refractivity contribution in [2.24, 2.45) is 5.92 Å². The molecule has 0 radical (unpaired) electrons. The summed E-state index contributed by atoms with van der Waals surface area (Å²) in [5.74, 6) is 0.877. The Morgan fingerprint density at radius 3 is 2.52 bits per heavy atom. The summed E-state index contributed by atoms with van der Waals surface area (Å²) in [5, 5.41) is 0. The van der Waals surface area contributed by atoms with Crippen LogP contribution in [0.2, 0.25) is 0 Å². The van der Waals surface area contributed by atoms with Gasteiger partial charge in [-0.1, -0.05) is 12.1 Å². The Hall–Kier alpha value is -1.11. The van der Waals surface area contributed by atoms with E-state index in [4.69, 9.17) is 9.47 Å². The maximum Gasteiger partial charge on any atom is 0.246 e. The molecule has 1 fully saturated rings. The molecule has 1 saturated heterocycles. The number of nitrogens with zero attached hydrogens (tertiary/aromatic N) is 1. The van der Waals surface area contributed by atoms with Crippen LogP contribution in [0.15, 0.2) is 29.2 Å². The maximum absolute atomic E-state index is 12.8. The summed E-state index contributed by atoms with van der Waals surface area (Å²) in [6, 6.07) is 6.83. The molecule has 118 valence electrons. The predicted molar refractivity (Wildman–Crippen MR) is 81.0 cm³/mol. The van der Waals surface area contributed by atoms with Gasteiger partial charge in [-0.3, -0.25) is 0 Å². The lowest BCUT2D eigenvalue weighted by Gasteiger charge is -2.31. The summed E-state index contributed by atoms with van der Waals surface area (Å²) in [6.07, 6.45) is 1.67. The van der Waals surface area contributed by atoms with E-state index in [1.54, 1.807) is 35.7 Å². The van der Waals surface area contributed by atoms with Crippen molar-refractivity contribution in [3.8, 4) is 5.75 Å². The largest absolute Gasteiger partial charge is 0.492 e. The first-order valence-corrected chi connectivity index (χ1v) is 8.74. The van der Waals surface area contributed by atoms with Crippen molar-refractivity contribution in [1.29, 1.82) is 0 Å². The third kappa shape index (κ3) is 3.75. The molecule has 0 aromatic heterocycles. The van der Waals surface area contributed by atoms with Crippen LogP contribution in [-0.4, -0.2) is 46.1 Å². The molecule has 2 rings (SSSR count). The first-order chi connectivity index (χ1) is 10.1. The van der Waals surface area contributed by atoms with Gasteiger partial charge >= 0.3 is 0 Å². The zero-order valence-corrected chi connectivity index (χ0v) is 13.4. The Balaban J connectivity index is 2.16. The van der Waals surface area contributed by atoms with Crippen LogP contribution in [-0.2, 0) is 14.8 Å². The first kappa shape index (κ1) is 16.3. The lowest BCUT2D eigenvalue weighted by molar-refractivity contribution is 0.121. The van der Waals surface area contributed by atoms with Gasteiger partial charge in [0.25, 0.3) is 0 Å². The number of rotatable bonds is 6. The topological polar surface area (TPSA) is 55.8 Å². The van der Waals surface area contributed by atoms with Crippen LogP contribution >= 0.6 is 0 Å². The smallest absolute Gasteiger partial charge is 0.246 e. The monoisotopic (exact) mass is 313 g/mol. The van der Waals surface area contributed by atoms with Crippen LogP contribution in [0.4, 0.5) is 0 Å². The average Bonchev–Trinajstić information content (AvgIpc) is 2.49. The normalized spacial score (nSPS) is 17.8. The summed E-state index contributed by atoms with van der Waals surface area (Å²) in [4.78, 5) is 0.261. The number of benzene rings is 1. The number of ether oxygens (including phenoxy) is 2. The SMILES string of the molecule is CCOc1ccccc1S(=O)(=O)N1CCC(COC)CC1. The highest BCUT2D eigenvalue weighted by atomic mass is 32.2. The summed E-state index contributed by atoms with van der Waals surface area (Å²) < 4.78 is 37.7. The van der Waals surface area contributed by atoms with Crippen LogP contribution in [0.3, 0.4) is 0 Å². The van der Waals surface area contributed by atoms with Gasteiger partial charge in [0.2, 0.25) is 10.0 Å². The molecular formula is C15H23NO4S. The summed E-state index contributed by atoms with van der Waals surface area (Å²) in [5.41, 5.74) is 0. The van der Waals surface area contributed by atoms with E-state index < -0.39 is 10.0 Å². The molecule has 0 aliphatic carbocycles. The second-order valence-electron chi connectivity index (χ2n) is 5.18. The molecule has 0 amide bonds. The number of hydrogen-bond acceptors (Lipinski definition) is 4. The standard InChI is InChI=1S/C15H23NO4S/c1-3-20-14-6-4-5-7-15(14)21(17,18)16-10-8-13(9-11-16)12-19-2/h4-7,13H,3,8-12H2,1-2H3. The third-order valence-corrected chi connectivity index (χ3v) is 5.68. The Kier molecular flexibility index (Phi) is 5.61. The van der Waals surface area contributed by atoms with Crippen molar-refractivity contribution < 1.29 is 17.9 Å². The highest BCUT2D eigenvalue weighted by Crippen LogP contribution is 2.29. The average molecular weight is 313 g/mol. The van der Waals surface area contributed by atoms with Gasteiger partial charge in [0.15, 0.2) is 0 Å². The van der Waals surface area contributed by atoms with Crippen molar-refractivity contribution in [3.63, 3.8) is 0 Å². The van der Waals surface area contributed by atoms with E-state index in [-0.39, 0.29) is 4.90 Å².